The molecule has 0 aliphatic rings. The molecule has 0 fully saturated rings. The maximum atomic E-state index is 10.9. The minimum atomic E-state index is -4.13. The molecular weight excluding hydrogens is 256 g/mol. The summed E-state index contributed by atoms with van der Waals surface area (Å²) in [6.45, 7) is 3.49. The Balaban J connectivity index is 3.57. The average Bonchev–Trinajstić information content (AvgIpc) is 1.78. The molecule has 0 aliphatic heterocycles. The van der Waals surface area contributed by atoms with E-state index in [1.807, 2.05) is 6.92 Å². The molecular formula is C8H9BrO3S. The largest absolute Gasteiger partial charge is 0.295 e. The maximum absolute atomic E-state index is 10.9. The Bertz CT molecular complexity index is 414. The SMILES string of the molecule is Cc1cc(C)c(S(=O)(=O)O)c(Br)c1. The second-order valence-electron chi connectivity index (χ2n) is 2.87. The molecule has 0 radical (unpaired) electrons. The van der Waals surface area contributed by atoms with Crippen LogP contribution >= 0.6 is 15.9 Å². The molecule has 1 aromatic carbocycles. The van der Waals surface area contributed by atoms with Crippen LogP contribution in [0.1, 0.15) is 11.1 Å². The second-order valence-corrected chi connectivity index (χ2v) is 5.08. The van der Waals surface area contributed by atoms with Gasteiger partial charge in [-0.2, -0.15) is 8.42 Å². The fraction of sp³-hybridized carbons (Fsp3) is 0.250. The van der Waals surface area contributed by atoms with Gasteiger partial charge in [0.15, 0.2) is 0 Å². The van der Waals surface area contributed by atoms with E-state index in [0.717, 1.165) is 5.56 Å². The van der Waals surface area contributed by atoms with E-state index in [-0.39, 0.29) is 4.90 Å². The Kier molecular flexibility index (Phi) is 2.79. The summed E-state index contributed by atoms with van der Waals surface area (Å²) < 4.78 is 31.1. The van der Waals surface area contributed by atoms with Gasteiger partial charge in [0.2, 0.25) is 0 Å². The van der Waals surface area contributed by atoms with Crippen molar-refractivity contribution in [3.8, 4) is 0 Å². The van der Waals surface area contributed by atoms with Crippen LogP contribution in [0.3, 0.4) is 0 Å². The maximum Gasteiger partial charge on any atom is 0.295 e. The van der Waals surface area contributed by atoms with Crippen molar-refractivity contribution >= 4 is 26.0 Å². The molecule has 0 saturated carbocycles. The molecule has 0 spiro atoms. The van der Waals surface area contributed by atoms with Crippen molar-refractivity contribution in [3.63, 3.8) is 0 Å². The number of benzene rings is 1. The van der Waals surface area contributed by atoms with Gasteiger partial charge in [-0.25, -0.2) is 0 Å². The number of hydrogen-bond acceptors (Lipinski definition) is 2. The molecule has 0 saturated heterocycles. The van der Waals surface area contributed by atoms with Gasteiger partial charge in [-0.15, -0.1) is 0 Å². The first-order valence-electron chi connectivity index (χ1n) is 3.56. The van der Waals surface area contributed by atoms with Gasteiger partial charge in [0.05, 0.1) is 0 Å². The fourth-order valence-corrected chi connectivity index (χ4v) is 3.29. The summed E-state index contributed by atoms with van der Waals surface area (Å²) in [5.41, 5.74) is 1.48. The third-order valence-electron chi connectivity index (χ3n) is 1.63. The van der Waals surface area contributed by atoms with Crippen molar-refractivity contribution in [2.24, 2.45) is 0 Å². The van der Waals surface area contributed by atoms with Gasteiger partial charge in [0, 0.05) is 4.47 Å². The van der Waals surface area contributed by atoms with Gasteiger partial charge >= 0.3 is 0 Å². The summed E-state index contributed by atoms with van der Waals surface area (Å²) in [5, 5.41) is 0. The highest BCUT2D eigenvalue weighted by Gasteiger charge is 2.17. The fourth-order valence-electron chi connectivity index (χ4n) is 1.23. The predicted octanol–water partition coefficient (Wildman–Crippen LogP) is 2.31. The first-order chi connectivity index (χ1) is 5.82. The van der Waals surface area contributed by atoms with Crippen molar-refractivity contribution < 1.29 is 13.0 Å². The van der Waals surface area contributed by atoms with Crippen LogP contribution in [0.25, 0.3) is 0 Å². The van der Waals surface area contributed by atoms with Crippen molar-refractivity contribution in [1.82, 2.24) is 0 Å². The smallest absolute Gasteiger partial charge is 0.282 e. The van der Waals surface area contributed by atoms with Gasteiger partial charge in [0.1, 0.15) is 4.90 Å². The van der Waals surface area contributed by atoms with Gasteiger partial charge in [-0.1, -0.05) is 6.07 Å². The second kappa shape index (κ2) is 3.40. The first kappa shape index (κ1) is 10.7. The predicted molar refractivity (Wildman–Crippen MR) is 53.4 cm³/mol. The Morgan fingerprint density at radius 1 is 1.31 bits per heavy atom. The van der Waals surface area contributed by atoms with E-state index in [0.29, 0.717) is 10.0 Å². The lowest BCUT2D eigenvalue weighted by Crippen LogP contribution is -2.02. The first-order valence-corrected chi connectivity index (χ1v) is 5.80. The molecule has 5 heteroatoms. The lowest BCUT2D eigenvalue weighted by Gasteiger charge is -2.06. The van der Waals surface area contributed by atoms with Gasteiger partial charge in [0.25, 0.3) is 10.1 Å². The highest BCUT2D eigenvalue weighted by molar-refractivity contribution is 9.10. The van der Waals surface area contributed by atoms with Gasteiger partial charge in [-0.05, 0) is 47.0 Å². The summed E-state index contributed by atoms with van der Waals surface area (Å²) in [7, 11) is -4.13. The number of rotatable bonds is 1. The Hall–Kier alpha value is -0.390. The summed E-state index contributed by atoms with van der Waals surface area (Å²) in [5.74, 6) is 0. The van der Waals surface area contributed by atoms with Gasteiger partial charge in [-0.3, -0.25) is 4.55 Å². The summed E-state index contributed by atoms with van der Waals surface area (Å²) in [6.07, 6.45) is 0. The minimum absolute atomic E-state index is 0.0573. The zero-order valence-corrected chi connectivity index (χ0v) is 9.61. The molecule has 0 unspecified atom stereocenters. The van der Waals surface area contributed by atoms with Crippen LogP contribution in [-0.4, -0.2) is 13.0 Å². The van der Waals surface area contributed by atoms with Gasteiger partial charge < -0.3 is 0 Å². The minimum Gasteiger partial charge on any atom is -0.282 e. The van der Waals surface area contributed by atoms with E-state index in [9.17, 15) is 8.42 Å². The lowest BCUT2D eigenvalue weighted by molar-refractivity contribution is 0.482. The Morgan fingerprint density at radius 2 is 1.85 bits per heavy atom. The lowest BCUT2D eigenvalue weighted by atomic mass is 10.2. The summed E-state index contributed by atoms with van der Waals surface area (Å²) >= 11 is 3.09. The van der Waals surface area contributed by atoms with E-state index >= 15 is 0 Å². The zero-order valence-electron chi connectivity index (χ0n) is 7.20. The molecule has 0 aromatic heterocycles. The molecule has 72 valence electrons. The molecule has 1 aromatic rings. The number of hydrogen-bond donors (Lipinski definition) is 1. The average molecular weight is 265 g/mol. The molecule has 3 nitrogen and oxygen atoms in total. The van der Waals surface area contributed by atoms with E-state index in [1.54, 1.807) is 19.1 Å². The van der Waals surface area contributed by atoms with E-state index in [1.165, 1.54) is 0 Å². The quantitative estimate of drug-likeness (QED) is 0.793. The van der Waals surface area contributed by atoms with Crippen LogP contribution in [0.4, 0.5) is 0 Å². The third kappa shape index (κ3) is 2.30. The molecule has 0 heterocycles. The monoisotopic (exact) mass is 264 g/mol. The molecule has 0 bridgehead atoms. The number of aryl methyl sites for hydroxylation is 2. The van der Waals surface area contributed by atoms with Crippen molar-refractivity contribution in [2.75, 3.05) is 0 Å². The molecule has 1 rings (SSSR count). The zero-order chi connectivity index (χ0) is 10.2. The topological polar surface area (TPSA) is 54.4 Å². The molecule has 0 atom stereocenters. The Labute approximate surface area is 85.7 Å². The normalized spacial score (nSPS) is 11.7. The molecule has 13 heavy (non-hydrogen) atoms. The van der Waals surface area contributed by atoms with Crippen LogP contribution in [-0.2, 0) is 10.1 Å². The highest BCUT2D eigenvalue weighted by atomic mass is 79.9. The van der Waals surface area contributed by atoms with Crippen molar-refractivity contribution in [2.45, 2.75) is 18.7 Å². The molecule has 0 aliphatic carbocycles. The molecule has 1 N–H and O–H groups in total. The standard InChI is InChI=1S/C8H9BrO3S/c1-5-3-6(2)8(7(9)4-5)13(10,11)12/h3-4H,1-2H3,(H,10,11,12). The summed E-state index contributed by atoms with van der Waals surface area (Å²) in [6, 6.07) is 3.35. The third-order valence-corrected chi connectivity index (χ3v) is 3.58. The van der Waals surface area contributed by atoms with Crippen molar-refractivity contribution in [1.29, 1.82) is 0 Å². The van der Waals surface area contributed by atoms with E-state index in [2.05, 4.69) is 15.9 Å². The van der Waals surface area contributed by atoms with Crippen LogP contribution in [0, 0.1) is 13.8 Å². The molecule has 0 amide bonds. The van der Waals surface area contributed by atoms with Crippen LogP contribution in [0.5, 0.6) is 0 Å². The summed E-state index contributed by atoms with van der Waals surface area (Å²) in [4.78, 5) is -0.0573. The highest BCUT2D eigenvalue weighted by Crippen LogP contribution is 2.26. The van der Waals surface area contributed by atoms with Crippen LogP contribution in [0.2, 0.25) is 0 Å². The van der Waals surface area contributed by atoms with Crippen LogP contribution < -0.4 is 0 Å². The Morgan fingerprint density at radius 3 is 2.23 bits per heavy atom. The number of halogens is 1. The van der Waals surface area contributed by atoms with Crippen molar-refractivity contribution in [3.05, 3.63) is 27.7 Å². The van der Waals surface area contributed by atoms with E-state index in [4.69, 9.17) is 4.55 Å². The van der Waals surface area contributed by atoms with Crippen LogP contribution in [0.15, 0.2) is 21.5 Å². The van der Waals surface area contributed by atoms with E-state index < -0.39 is 10.1 Å².